The van der Waals surface area contributed by atoms with Gasteiger partial charge in [-0.15, -0.1) is 11.3 Å². The van der Waals surface area contributed by atoms with Gasteiger partial charge < -0.3 is 10.1 Å². The molecule has 2 aromatic rings. The van der Waals surface area contributed by atoms with Crippen molar-refractivity contribution in [1.82, 2.24) is 9.62 Å². The summed E-state index contributed by atoms with van der Waals surface area (Å²) in [6.45, 7) is 1.23. The standard InChI is InChI=1S/C19H22N2O4S2/c22-19(20-13-16-12-15-4-1-2-5-17(15)25-16)14-7-9-21(10-8-14)27(23,24)18-6-3-11-26-18/h1-6,11,14,16H,7-10,12-13H2,(H,20,22). The monoisotopic (exact) mass is 406 g/mol. The number of piperidine rings is 1. The van der Waals surface area contributed by atoms with Gasteiger partial charge in [-0.1, -0.05) is 24.3 Å². The molecule has 1 fully saturated rings. The van der Waals surface area contributed by atoms with E-state index < -0.39 is 10.0 Å². The van der Waals surface area contributed by atoms with Crippen molar-refractivity contribution in [3.8, 4) is 5.75 Å². The third-order valence-electron chi connectivity index (χ3n) is 5.13. The van der Waals surface area contributed by atoms with Crippen LogP contribution in [0.3, 0.4) is 0 Å². The molecule has 0 radical (unpaired) electrons. The molecule has 6 nitrogen and oxygen atoms in total. The fourth-order valence-electron chi connectivity index (χ4n) is 3.62. The molecule has 1 aromatic heterocycles. The van der Waals surface area contributed by atoms with E-state index in [2.05, 4.69) is 5.32 Å². The quantitative estimate of drug-likeness (QED) is 0.827. The number of sulfonamides is 1. The largest absolute Gasteiger partial charge is 0.488 e. The molecule has 3 heterocycles. The highest BCUT2D eigenvalue weighted by Gasteiger charge is 2.33. The molecular weight excluding hydrogens is 384 g/mol. The Bertz CT molecular complexity index is 879. The molecule has 1 amide bonds. The molecule has 2 aliphatic heterocycles. The summed E-state index contributed by atoms with van der Waals surface area (Å²) in [7, 11) is -3.42. The number of carbonyl (C=O) groups is 1. The molecule has 1 saturated heterocycles. The van der Waals surface area contributed by atoms with Crippen molar-refractivity contribution >= 4 is 27.3 Å². The molecule has 1 N–H and O–H groups in total. The molecule has 8 heteroatoms. The number of hydrogen-bond acceptors (Lipinski definition) is 5. The lowest BCUT2D eigenvalue weighted by Crippen LogP contribution is -2.44. The lowest BCUT2D eigenvalue weighted by atomic mass is 9.97. The van der Waals surface area contributed by atoms with Gasteiger partial charge in [0.05, 0.1) is 6.54 Å². The molecule has 1 unspecified atom stereocenters. The van der Waals surface area contributed by atoms with Crippen molar-refractivity contribution in [1.29, 1.82) is 0 Å². The Labute approximate surface area is 163 Å². The SMILES string of the molecule is O=C(NCC1Cc2ccccc2O1)C1CCN(S(=O)(=O)c2cccs2)CC1. The second-order valence-electron chi connectivity index (χ2n) is 6.91. The fraction of sp³-hybridized carbons (Fsp3) is 0.421. The highest BCUT2D eigenvalue weighted by Crippen LogP contribution is 2.28. The van der Waals surface area contributed by atoms with Gasteiger partial charge in [-0.25, -0.2) is 8.42 Å². The highest BCUT2D eigenvalue weighted by atomic mass is 32.2. The van der Waals surface area contributed by atoms with E-state index >= 15 is 0 Å². The average Bonchev–Trinajstić information content (AvgIpc) is 3.36. The Morgan fingerprint density at radius 3 is 2.67 bits per heavy atom. The minimum absolute atomic E-state index is 0.0114. The molecule has 0 bridgehead atoms. The van der Waals surface area contributed by atoms with Crippen molar-refractivity contribution < 1.29 is 17.9 Å². The number of amides is 1. The molecule has 4 rings (SSSR count). The first kappa shape index (κ1) is 18.5. The third kappa shape index (κ3) is 3.88. The predicted octanol–water partition coefficient (Wildman–Crippen LogP) is 2.27. The van der Waals surface area contributed by atoms with E-state index in [0.717, 1.165) is 12.2 Å². The Morgan fingerprint density at radius 1 is 1.19 bits per heavy atom. The second-order valence-corrected chi connectivity index (χ2v) is 10.0. The van der Waals surface area contributed by atoms with Crippen LogP contribution in [0.15, 0.2) is 46.0 Å². The predicted molar refractivity (Wildman–Crippen MR) is 103 cm³/mol. The second kappa shape index (κ2) is 7.61. The number of para-hydroxylation sites is 1. The molecule has 0 saturated carbocycles. The summed E-state index contributed by atoms with van der Waals surface area (Å²) in [5.74, 6) is 0.732. The first-order valence-corrected chi connectivity index (χ1v) is 11.4. The molecule has 0 spiro atoms. The average molecular weight is 407 g/mol. The minimum atomic E-state index is -3.42. The van der Waals surface area contributed by atoms with Crippen LogP contribution < -0.4 is 10.1 Å². The van der Waals surface area contributed by atoms with Gasteiger partial charge >= 0.3 is 0 Å². The number of ether oxygens (including phenoxy) is 1. The van der Waals surface area contributed by atoms with E-state index in [9.17, 15) is 13.2 Å². The summed E-state index contributed by atoms with van der Waals surface area (Å²) in [6.07, 6.45) is 1.85. The van der Waals surface area contributed by atoms with E-state index in [1.165, 1.54) is 21.2 Å². The summed E-state index contributed by atoms with van der Waals surface area (Å²) >= 11 is 1.22. The van der Waals surface area contributed by atoms with Crippen LogP contribution in [0.25, 0.3) is 0 Å². The maximum Gasteiger partial charge on any atom is 0.252 e. The summed E-state index contributed by atoms with van der Waals surface area (Å²) in [5.41, 5.74) is 1.17. The van der Waals surface area contributed by atoms with Crippen LogP contribution >= 0.6 is 11.3 Å². The smallest absolute Gasteiger partial charge is 0.252 e. The molecule has 144 valence electrons. The number of thiophene rings is 1. The molecular formula is C19H22N2O4S2. The molecule has 1 atom stereocenters. The van der Waals surface area contributed by atoms with Gasteiger partial charge in [0.25, 0.3) is 10.0 Å². The van der Waals surface area contributed by atoms with Crippen LogP contribution in [0.2, 0.25) is 0 Å². The summed E-state index contributed by atoms with van der Waals surface area (Å²) in [6, 6.07) is 11.3. The van der Waals surface area contributed by atoms with Crippen molar-refractivity contribution in [2.24, 2.45) is 5.92 Å². The zero-order valence-corrected chi connectivity index (χ0v) is 16.5. The topological polar surface area (TPSA) is 75.7 Å². The molecule has 27 heavy (non-hydrogen) atoms. The highest BCUT2D eigenvalue weighted by molar-refractivity contribution is 7.91. The van der Waals surface area contributed by atoms with Gasteiger partial charge in [-0.05, 0) is 35.9 Å². The van der Waals surface area contributed by atoms with Crippen LogP contribution in [0.4, 0.5) is 0 Å². The zero-order chi connectivity index (χ0) is 18.9. The van der Waals surface area contributed by atoms with E-state index in [1.54, 1.807) is 17.5 Å². The van der Waals surface area contributed by atoms with Crippen molar-refractivity contribution in [2.75, 3.05) is 19.6 Å². The van der Waals surface area contributed by atoms with Crippen LogP contribution in [-0.4, -0.2) is 44.4 Å². The Hall–Kier alpha value is -1.90. The maximum atomic E-state index is 12.6. The fourth-order valence-corrected chi connectivity index (χ4v) is 6.24. The van der Waals surface area contributed by atoms with Crippen molar-refractivity contribution in [2.45, 2.75) is 29.6 Å². The number of nitrogens with one attached hydrogen (secondary N) is 1. The van der Waals surface area contributed by atoms with E-state index in [1.807, 2.05) is 24.3 Å². The summed E-state index contributed by atoms with van der Waals surface area (Å²) < 4.78 is 32.8. The van der Waals surface area contributed by atoms with Crippen molar-refractivity contribution in [3.63, 3.8) is 0 Å². The van der Waals surface area contributed by atoms with Gasteiger partial charge in [-0.3, -0.25) is 4.79 Å². The van der Waals surface area contributed by atoms with E-state index in [0.29, 0.717) is 36.7 Å². The number of carbonyl (C=O) groups excluding carboxylic acids is 1. The van der Waals surface area contributed by atoms with Crippen LogP contribution in [0.5, 0.6) is 5.75 Å². The van der Waals surface area contributed by atoms with E-state index in [-0.39, 0.29) is 17.9 Å². The van der Waals surface area contributed by atoms with Crippen LogP contribution in [-0.2, 0) is 21.2 Å². The van der Waals surface area contributed by atoms with Gasteiger partial charge in [0.2, 0.25) is 5.91 Å². The third-order valence-corrected chi connectivity index (χ3v) is 8.40. The Kier molecular flexibility index (Phi) is 5.21. The van der Waals surface area contributed by atoms with Crippen LogP contribution in [0, 0.1) is 5.92 Å². The molecule has 0 aliphatic carbocycles. The molecule has 1 aromatic carbocycles. The van der Waals surface area contributed by atoms with Gasteiger partial charge in [0.15, 0.2) is 0 Å². The lowest BCUT2D eigenvalue weighted by molar-refractivity contribution is -0.126. The number of benzene rings is 1. The minimum Gasteiger partial charge on any atom is -0.488 e. The van der Waals surface area contributed by atoms with Crippen LogP contribution in [0.1, 0.15) is 18.4 Å². The van der Waals surface area contributed by atoms with Gasteiger partial charge in [0, 0.05) is 25.4 Å². The molecule has 2 aliphatic rings. The number of rotatable bonds is 5. The zero-order valence-electron chi connectivity index (χ0n) is 14.8. The number of fused-ring (bicyclic) bond motifs is 1. The van der Waals surface area contributed by atoms with Gasteiger partial charge in [-0.2, -0.15) is 4.31 Å². The first-order valence-electron chi connectivity index (χ1n) is 9.10. The lowest BCUT2D eigenvalue weighted by Gasteiger charge is -2.30. The van der Waals surface area contributed by atoms with Gasteiger partial charge in [0.1, 0.15) is 16.1 Å². The number of hydrogen-bond donors (Lipinski definition) is 1. The number of nitrogens with zero attached hydrogens (tertiary/aromatic N) is 1. The van der Waals surface area contributed by atoms with Crippen molar-refractivity contribution in [3.05, 3.63) is 47.3 Å². The normalized spacial score (nSPS) is 20.8. The summed E-state index contributed by atoms with van der Waals surface area (Å²) in [5, 5.41) is 4.74. The Morgan fingerprint density at radius 2 is 1.96 bits per heavy atom. The first-order chi connectivity index (χ1) is 13.0. The summed E-state index contributed by atoms with van der Waals surface area (Å²) in [4.78, 5) is 12.5. The van der Waals surface area contributed by atoms with E-state index in [4.69, 9.17) is 4.74 Å². The maximum absolute atomic E-state index is 12.6. The Balaban J connectivity index is 1.26.